The number of hydrogen-bond donors (Lipinski definition) is 1. The van der Waals surface area contributed by atoms with Crippen LogP contribution in [0.25, 0.3) is 0 Å². The van der Waals surface area contributed by atoms with Gasteiger partial charge in [-0.2, -0.15) is 0 Å². The van der Waals surface area contributed by atoms with Gasteiger partial charge in [0.15, 0.2) is 0 Å². The van der Waals surface area contributed by atoms with E-state index < -0.39 is 4.84 Å². The Morgan fingerprint density at radius 1 is 1.37 bits per heavy atom. The highest BCUT2D eigenvalue weighted by Crippen LogP contribution is 2.33. The largest absolute Gasteiger partial charge is 0.317 e. The van der Waals surface area contributed by atoms with Crippen LogP contribution in [0.15, 0.2) is 47.7 Å². The van der Waals surface area contributed by atoms with E-state index in [1.54, 1.807) is 29.2 Å². The molecule has 1 saturated carbocycles. The average molecular weight is 447 g/mol. The molecular weight excluding hydrogens is 415 g/mol. The van der Waals surface area contributed by atoms with Crippen molar-refractivity contribution in [1.29, 1.82) is 0 Å². The van der Waals surface area contributed by atoms with E-state index in [1.165, 1.54) is 19.4 Å². The summed E-state index contributed by atoms with van der Waals surface area (Å²) >= 11 is 11.8. The molecule has 1 aromatic rings. The molecule has 0 bridgehead atoms. The summed E-state index contributed by atoms with van der Waals surface area (Å²) < 4.78 is 0. The zero-order valence-electron chi connectivity index (χ0n) is 18.1. The molecule has 1 unspecified atom stereocenters. The molecule has 3 nitrogen and oxygen atoms in total. The summed E-state index contributed by atoms with van der Waals surface area (Å²) in [6, 6.07) is 7.05. The number of benzene rings is 1. The highest BCUT2D eigenvalue weighted by molar-refractivity contribution is 6.44. The second kappa shape index (κ2) is 12.2. The predicted molar refractivity (Wildman–Crippen MR) is 128 cm³/mol. The second-order valence-corrected chi connectivity index (χ2v) is 8.74. The number of terminal acetylenes is 1. The number of halogens is 2. The molecule has 30 heavy (non-hydrogen) atoms. The van der Waals surface area contributed by atoms with Crippen molar-refractivity contribution < 1.29 is 4.79 Å². The number of amides is 1. The molecule has 1 aliphatic heterocycles. The highest BCUT2D eigenvalue weighted by Gasteiger charge is 2.32. The van der Waals surface area contributed by atoms with Crippen LogP contribution in [-0.2, 0) is 0 Å². The minimum atomic E-state index is -0.661. The quantitative estimate of drug-likeness (QED) is 0.404. The molecule has 0 aromatic heterocycles. The first-order chi connectivity index (χ1) is 14.5. The van der Waals surface area contributed by atoms with Crippen LogP contribution in [-0.4, -0.2) is 30.4 Å². The highest BCUT2D eigenvalue weighted by atomic mass is 35.5. The SMILES string of the molecule is C#CC1=C(/C=C\C)C(CC)CN1C(=O)c1cccc(C(Cl)Cl)c1.CCNCC1CC1. The van der Waals surface area contributed by atoms with Gasteiger partial charge in [-0.1, -0.05) is 44.1 Å². The van der Waals surface area contributed by atoms with Gasteiger partial charge in [-0.3, -0.25) is 4.79 Å². The molecule has 1 atom stereocenters. The summed E-state index contributed by atoms with van der Waals surface area (Å²) in [5, 5.41) is 3.31. The monoisotopic (exact) mass is 446 g/mol. The maximum atomic E-state index is 12.9. The minimum Gasteiger partial charge on any atom is -0.317 e. The Morgan fingerprint density at radius 2 is 2.10 bits per heavy atom. The molecule has 162 valence electrons. The van der Waals surface area contributed by atoms with Gasteiger partial charge in [0.25, 0.3) is 5.91 Å². The zero-order valence-corrected chi connectivity index (χ0v) is 19.6. The molecule has 3 rings (SSSR count). The van der Waals surface area contributed by atoms with Crippen LogP contribution in [0.5, 0.6) is 0 Å². The van der Waals surface area contributed by atoms with Crippen molar-refractivity contribution >= 4 is 29.1 Å². The third-order valence-corrected chi connectivity index (χ3v) is 5.88. The van der Waals surface area contributed by atoms with Crippen LogP contribution in [0.4, 0.5) is 0 Å². The Morgan fingerprint density at radius 3 is 2.63 bits per heavy atom. The molecule has 1 fully saturated rings. The Labute approximate surface area is 191 Å². The van der Waals surface area contributed by atoms with Crippen LogP contribution < -0.4 is 5.32 Å². The third kappa shape index (κ3) is 6.64. The van der Waals surface area contributed by atoms with Crippen molar-refractivity contribution in [2.24, 2.45) is 11.8 Å². The smallest absolute Gasteiger partial charge is 0.258 e. The molecule has 0 spiro atoms. The van der Waals surface area contributed by atoms with E-state index in [-0.39, 0.29) is 11.8 Å². The van der Waals surface area contributed by atoms with Gasteiger partial charge in [0, 0.05) is 18.0 Å². The Balaban J connectivity index is 0.000000386. The van der Waals surface area contributed by atoms with E-state index in [0.29, 0.717) is 23.4 Å². The molecule has 1 aromatic carbocycles. The molecule has 0 saturated heterocycles. The fourth-order valence-corrected chi connectivity index (χ4v) is 3.75. The van der Waals surface area contributed by atoms with Crippen LogP contribution in [0.3, 0.4) is 0 Å². The lowest BCUT2D eigenvalue weighted by Crippen LogP contribution is -2.29. The lowest BCUT2D eigenvalue weighted by molar-refractivity contribution is 0.0815. The van der Waals surface area contributed by atoms with Gasteiger partial charge in [0.05, 0.1) is 5.70 Å². The summed E-state index contributed by atoms with van der Waals surface area (Å²) in [6.45, 7) is 9.20. The standard InChI is InChI=1S/C19H19Cl2NO.C6H13N/c1-4-8-16-13(5-2)12-22(17(16)6-3)19(23)15-10-7-9-14(11-15)18(20)21;1-2-7-5-6-3-4-6/h3-4,7-11,13,18H,5,12H2,1-2H3;6-7H,2-5H2,1H3/b8-4-;. The number of nitrogens with zero attached hydrogens (tertiary/aromatic N) is 1. The number of hydrogen-bond acceptors (Lipinski definition) is 2. The molecular formula is C25H32Cl2N2O. The predicted octanol–water partition coefficient (Wildman–Crippen LogP) is 6.11. The van der Waals surface area contributed by atoms with Crippen molar-refractivity contribution in [2.45, 2.75) is 44.9 Å². The number of carbonyl (C=O) groups is 1. The van der Waals surface area contributed by atoms with Crippen molar-refractivity contribution in [2.75, 3.05) is 19.6 Å². The number of carbonyl (C=O) groups excluding carboxylic acids is 1. The van der Waals surface area contributed by atoms with Crippen molar-refractivity contribution in [3.05, 3.63) is 58.8 Å². The van der Waals surface area contributed by atoms with Gasteiger partial charge in [0.2, 0.25) is 0 Å². The van der Waals surface area contributed by atoms with E-state index in [4.69, 9.17) is 29.6 Å². The first kappa shape index (κ1) is 24.5. The maximum Gasteiger partial charge on any atom is 0.258 e. The van der Waals surface area contributed by atoms with E-state index in [1.807, 2.05) is 19.1 Å². The van der Waals surface area contributed by atoms with Gasteiger partial charge in [-0.05, 0) is 68.5 Å². The van der Waals surface area contributed by atoms with E-state index in [2.05, 4.69) is 25.1 Å². The van der Waals surface area contributed by atoms with Gasteiger partial charge < -0.3 is 10.2 Å². The lowest BCUT2D eigenvalue weighted by Gasteiger charge is -2.18. The number of rotatable bonds is 7. The average Bonchev–Trinajstić information content (AvgIpc) is 3.52. The van der Waals surface area contributed by atoms with E-state index in [0.717, 1.165) is 24.5 Å². The summed E-state index contributed by atoms with van der Waals surface area (Å²) in [5.41, 5.74) is 2.94. The molecule has 2 aliphatic rings. The van der Waals surface area contributed by atoms with Crippen LogP contribution in [0, 0.1) is 24.2 Å². The van der Waals surface area contributed by atoms with Crippen molar-refractivity contribution in [3.8, 4) is 12.3 Å². The fourth-order valence-electron chi connectivity index (χ4n) is 3.48. The molecule has 1 N–H and O–H groups in total. The minimum absolute atomic E-state index is 0.119. The summed E-state index contributed by atoms with van der Waals surface area (Å²) in [7, 11) is 0. The van der Waals surface area contributed by atoms with Crippen molar-refractivity contribution in [1.82, 2.24) is 10.2 Å². The van der Waals surface area contributed by atoms with Gasteiger partial charge in [-0.25, -0.2) is 0 Å². The first-order valence-electron chi connectivity index (χ1n) is 10.7. The number of alkyl halides is 2. The summed E-state index contributed by atoms with van der Waals surface area (Å²) in [4.78, 5) is 13.9. The van der Waals surface area contributed by atoms with E-state index in [9.17, 15) is 4.79 Å². The second-order valence-electron chi connectivity index (χ2n) is 7.65. The molecule has 1 amide bonds. The molecule has 1 heterocycles. The summed E-state index contributed by atoms with van der Waals surface area (Å²) in [5.74, 6) is 3.87. The lowest BCUT2D eigenvalue weighted by atomic mass is 9.98. The summed E-state index contributed by atoms with van der Waals surface area (Å²) in [6.07, 6.45) is 13.5. The first-order valence-corrected chi connectivity index (χ1v) is 11.6. The van der Waals surface area contributed by atoms with Gasteiger partial charge >= 0.3 is 0 Å². The topological polar surface area (TPSA) is 32.3 Å². The molecule has 5 heteroatoms. The Kier molecular flexibility index (Phi) is 9.98. The normalized spacial score (nSPS) is 18.6. The van der Waals surface area contributed by atoms with Crippen molar-refractivity contribution in [3.63, 3.8) is 0 Å². The van der Waals surface area contributed by atoms with Gasteiger partial charge in [-0.15, -0.1) is 29.6 Å². The Hall–Kier alpha value is -1.73. The maximum absolute atomic E-state index is 12.9. The molecule has 1 aliphatic carbocycles. The number of allylic oxidation sites excluding steroid dienone is 3. The van der Waals surface area contributed by atoms with Crippen LogP contribution in [0.2, 0.25) is 0 Å². The zero-order chi connectivity index (χ0) is 22.1. The van der Waals surface area contributed by atoms with E-state index >= 15 is 0 Å². The fraction of sp³-hybridized carbons (Fsp3) is 0.480. The van der Waals surface area contributed by atoms with Crippen LogP contribution >= 0.6 is 23.2 Å². The third-order valence-electron chi connectivity index (χ3n) is 5.37. The van der Waals surface area contributed by atoms with Crippen LogP contribution in [0.1, 0.15) is 60.8 Å². The van der Waals surface area contributed by atoms with Gasteiger partial charge in [0.1, 0.15) is 4.84 Å². The Bertz CT molecular complexity index is 819. The molecule has 0 radical (unpaired) electrons. The number of nitrogens with one attached hydrogen (secondary N) is 1.